The van der Waals surface area contributed by atoms with Gasteiger partial charge in [-0.1, -0.05) is 35.9 Å². The number of carbonyl (C=O) groups is 1. The van der Waals surface area contributed by atoms with Gasteiger partial charge in [-0.15, -0.1) is 0 Å². The van der Waals surface area contributed by atoms with E-state index in [0.717, 1.165) is 11.1 Å². The van der Waals surface area contributed by atoms with Crippen LogP contribution in [0.5, 0.6) is 5.75 Å². The normalized spacial score (nSPS) is 17.1. The molecule has 4 nitrogen and oxygen atoms in total. The summed E-state index contributed by atoms with van der Waals surface area (Å²) in [6, 6.07) is 12.3. The number of hydrogen-bond acceptors (Lipinski definition) is 4. The summed E-state index contributed by atoms with van der Waals surface area (Å²) < 4.78 is 5.90. The third-order valence-electron chi connectivity index (χ3n) is 3.68. The molecule has 0 saturated heterocycles. The van der Waals surface area contributed by atoms with Gasteiger partial charge >= 0.3 is 7.12 Å². The lowest BCUT2D eigenvalue weighted by atomic mass is 9.79. The number of fused-ring (bicyclic) bond motifs is 1. The van der Waals surface area contributed by atoms with Crippen molar-refractivity contribution in [2.75, 3.05) is 0 Å². The predicted octanol–water partition coefficient (Wildman–Crippen LogP) is 1.38. The fraction of sp³-hybridized carbons (Fsp3) is 0.188. The van der Waals surface area contributed by atoms with Gasteiger partial charge in [-0.2, -0.15) is 0 Å². The van der Waals surface area contributed by atoms with Crippen molar-refractivity contribution in [2.24, 2.45) is 0 Å². The van der Waals surface area contributed by atoms with Crippen molar-refractivity contribution >= 4 is 18.4 Å². The van der Waals surface area contributed by atoms with Crippen LogP contribution >= 0.6 is 0 Å². The van der Waals surface area contributed by atoms with Crippen LogP contribution in [-0.4, -0.2) is 22.9 Å². The van der Waals surface area contributed by atoms with Crippen LogP contribution in [0.1, 0.15) is 34.0 Å². The van der Waals surface area contributed by atoms with Crippen LogP contribution < -0.4 is 10.2 Å². The van der Waals surface area contributed by atoms with Crippen LogP contribution in [0.4, 0.5) is 0 Å². The van der Waals surface area contributed by atoms with E-state index in [0.29, 0.717) is 16.8 Å². The van der Waals surface area contributed by atoms with E-state index in [1.54, 1.807) is 24.3 Å². The maximum absolute atomic E-state index is 12.2. The van der Waals surface area contributed by atoms with Gasteiger partial charge in [-0.3, -0.25) is 4.79 Å². The average Bonchev–Trinajstić information content (AvgIpc) is 2.48. The molecule has 106 valence electrons. The zero-order valence-electron chi connectivity index (χ0n) is 11.6. The Kier molecular flexibility index (Phi) is 3.53. The Bertz CT molecular complexity index is 679. The second-order valence-corrected chi connectivity index (χ2v) is 5.27. The second kappa shape index (κ2) is 5.35. The molecule has 1 unspecified atom stereocenters. The zero-order valence-corrected chi connectivity index (χ0v) is 11.6. The van der Waals surface area contributed by atoms with Crippen molar-refractivity contribution in [1.82, 2.24) is 0 Å². The minimum absolute atomic E-state index is 0.0659. The monoisotopic (exact) mass is 282 g/mol. The van der Waals surface area contributed by atoms with Gasteiger partial charge < -0.3 is 14.8 Å². The van der Waals surface area contributed by atoms with Crippen LogP contribution in [-0.2, 0) is 0 Å². The van der Waals surface area contributed by atoms with Gasteiger partial charge in [0.2, 0.25) is 0 Å². The van der Waals surface area contributed by atoms with E-state index in [2.05, 4.69) is 0 Å². The summed E-state index contributed by atoms with van der Waals surface area (Å²) in [4.78, 5) is 12.2. The van der Waals surface area contributed by atoms with Crippen molar-refractivity contribution in [1.29, 1.82) is 0 Å². The van der Waals surface area contributed by atoms with E-state index >= 15 is 0 Å². The molecule has 0 radical (unpaired) electrons. The molecule has 0 bridgehead atoms. The Balaban J connectivity index is 1.88. The molecule has 2 aromatic rings. The molecule has 3 rings (SSSR count). The van der Waals surface area contributed by atoms with Crippen molar-refractivity contribution in [3.63, 3.8) is 0 Å². The van der Waals surface area contributed by atoms with Gasteiger partial charge in [0.05, 0.1) is 12.0 Å². The standard InChI is InChI=1S/C16H15BO4/c1-10-2-7-15-13(8-10)14(18)9-16(21-15)11-3-5-12(6-4-11)17(19)20/h2-8,16,19-20H,9H2,1H3. The number of carbonyl (C=O) groups excluding carboxylic acids is 1. The van der Waals surface area contributed by atoms with E-state index in [1.807, 2.05) is 25.1 Å². The van der Waals surface area contributed by atoms with Gasteiger partial charge in [-0.05, 0) is 30.1 Å². The molecule has 0 aromatic heterocycles. The summed E-state index contributed by atoms with van der Waals surface area (Å²) in [5.41, 5.74) is 2.93. The smallest absolute Gasteiger partial charge is 0.484 e. The van der Waals surface area contributed by atoms with Gasteiger partial charge in [0.1, 0.15) is 11.9 Å². The first-order valence-electron chi connectivity index (χ1n) is 6.81. The van der Waals surface area contributed by atoms with E-state index < -0.39 is 7.12 Å². The summed E-state index contributed by atoms with van der Waals surface area (Å²) in [5, 5.41) is 18.2. The lowest BCUT2D eigenvalue weighted by Crippen LogP contribution is -2.30. The molecule has 2 N–H and O–H groups in total. The number of aryl methyl sites for hydroxylation is 1. The third-order valence-corrected chi connectivity index (χ3v) is 3.68. The van der Waals surface area contributed by atoms with E-state index in [4.69, 9.17) is 14.8 Å². The molecule has 21 heavy (non-hydrogen) atoms. The fourth-order valence-electron chi connectivity index (χ4n) is 2.51. The Morgan fingerprint density at radius 3 is 2.52 bits per heavy atom. The molecular weight excluding hydrogens is 267 g/mol. The molecule has 0 amide bonds. The maximum atomic E-state index is 12.2. The fourth-order valence-corrected chi connectivity index (χ4v) is 2.51. The number of ketones is 1. The van der Waals surface area contributed by atoms with Crippen LogP contribution in [0.25, 0.3) is 0 Å². The van der Waals surface area contributed by atoms with Crippen molar-refractivity contribution < 1.29 is 19.6 Å². The Morgan fingerprint density at radius 2 is 1.86 bits per heavy atom. The molecule has 1 heterocycles. The third kappa shape index (κ3) is 2.70. The summed E-state index contributed by atoms with van der Waals surface area (Å²) >= 11 is 0. The average molecular weight is 282 g/mol. The number of Topliss-reactive ketones (excluding diaryl/α,β-unsaturated/α-hetero) is 1. The van der Waals surface area contributed by atoms with Crippen molar-refractivity contribution in [3.05, 3.63) is 59.2 Å². The number of rotatable bonds is 2. The van der Waals surface area contributed by atoms with Crippen molar-refractivity contribution in [2.45, 2.75) is 19.4 Å². The molecule has 1 atom stereocenters. The zero-order chi connectivity index (χ0) is 15.0. The highest BCUT2D eigenvalue weighted by Crippen LogP contribution is 2.35. The Hall–Kier alpha value is -2.11. The van der Waals surface area contributed by atoms with Gasteiger partial charge in [0.25, 0.3) is 0 Å². The SMILES string of the molecule is Cc1ccc2c(c1)C(=O)CC(c1ccc(B(O)O)cc1)O2. The molecular formula is C16H15BO4. The molecule has 0 aliphatic carbocycles. The van der Waals surface area contributed by atoms with Crippen LogP contribution in [0.15, 0.2) is 42.5 Å². The summed E-state index contributed by atoms with van der Waals surface area (Å²) in [6.45, 7) is 1.94. The molecule has 1 aliphatic rings. The lowest BCUT2D eigenvalue weighted by molar-refractivity contribution is 0.0850. The largest absolute Gasteiger partial charge is 0.488 e. The minimum atomic E-state index is -1.49. The number of hydrogen-bond donors (Lipinski definition) is 2. The van der Waals surface area contributed by atoms with Gasteiger partial charge in [0.15, 0.2) is 5.78 Å². The minimum Gasteiger partial charge on any atom is -0.484 e. The Morgan fingerprint density at radius 1 is 1.14 bits per heavy atom. The molecule has 1 aliphatic heterocycles. The lowest BCUT2D eigenvalue weighted by Gasteiger charge is -2.26. The highest BCUT2D eigenvalue weighted by atomic mass is 16.5. The first kappa shape index (κ1) is 13.9. The quantitative estimate of drug-likeness (QED) is 0.817. The van der Waals surface area contributed by atoms with E-state index in [1.165, 1.54) is 0 Å². The molecule has 2 aromatic carbocycles. The second-order valence-electron chi connectivity index (χ2n) is 5.27. The molecule has 5 heteroatoms. The van der Waals surface area contributed by atoms with Gasteiger partial charge in [-0.25, -0.2) is 0 Å². The first-order chi connectivity index (χ1) is 10.0. The summed E-state index contributed by atoms with van der Waals surface area (Å²) in [5.74, 6) is 0.671. The van der Waals surface area contributed by atoms with Crippen molar-refractivity contribution in [3.8, 4) is 5.75 Å². The summed E-state index contributed by atoms with van der Waals surface area (Å²) in [7, 11) is -1.49. The van der Waals surface area contributed by atoms with Crippen LogP contribution in [0.3, 0.4) is 0 Å². The predicted molar refractivity (Wildman–Crippen MR) is 79.8 cm³/mol. The van der Waals surface area contributed by atoms with Crippen LogP contribution in [0, 0.1) is 6.92 Å². The molecule has 0 fully saturated rings. The molecule has 0 spiro atoms. The topological polar surface area (TPSA) is 66.8 Å². The Labute approximate surface area is 123 Å². The molecule has 0 saturated carbocycles. The van der Waals surface area contributed by atoms with E-state index in [-0.39, 0.29) is 18.3 Å². The maximum Gasteiger partial charge on any atom is 0.488 e. The highest BCUT2D eigenvalue weighted by molar-refractivity contribution is 6.58. The highest BCUT2D eigenvalue weighted by Gasteiger charge is 2.27. The number of benzene rings is 2. The first-order valence-corrected chi connectivity index (χ1v) is 6.81. The summed E-state index contributed by atoms with van der Waals surface area (Å²) in [6.07, 6.45) is -0.0464. The van der Waals surface area contributed by atoms with Crippen LogP contribution in [0.2, 0.25) is 0 Å². The number of ether oxygens (including phenoxy) is 1. The van der Waals surface area contributed by atoms with Gasteiger partial charge in [0, 0.05) is 0 Å². The van der Waals surface area contributed by atoms with E-state index in [9.17, 15) is 4.79 Å².